The molecule has 2 atom stereocenters. The van der Waals surface area contributed by atoms with Gasteiger partial charge in [-0.3, -0.25) is 9.59 Å². The molecule has 0 radical (unpaired) electrons. The van der Waals surface area contributed by atoms with Crippen LogP contribution in [0.25, 0.3) is 0 Å². The van der Waals surface area contributed by atoms with Gasteiger partial charge in [-0.25, -0.2) is 0 Å². The summed E-state index contributed by atoms with van der Waals surface area (Å²) in [6.45, 7) is 13.3. The highest BCUT2D eigenvalue weighted by Gasteiger charge is 2.26. The van der Waals surface area contributed by atoms with Crippen LogP contribution in [0.5, 0.6) is 0 Å². The zero-order chi connectivity index (χ0) is 24.2. The van der Waals surface area contributed by atoms with E-state index in [2.05, 4.69) is 56.1 Å². The van der Waals surface area contributed by atoms with Gasteiger partial charge in [-0.15, -0.1) is 11.8 Å². The topological polar surface area (TPSA) is 52.7 Å². The first kappa shape index (κ1) is 24.8. The zero-order valence-corrected chi connectivity index (χ0v) is 21.7. The van der Waals surface area contributed by atoms with E-state index in [0.29, 0.717) is 24.4 Å². The van der Waals surface area contributed by atoms with Crippen LogP contribution >= 0.6 is 11.8 Å². The summed E-state index contributed by atoms with van der Waals surface area (Å²) < 4.78 is 0. The Bertz CT molecular complexity index is 1040. The van der Waals surface area contributed by atoms with E-state index in [1.807, 2.05) is 23.1 Å². The van der Waals surface area contributed by atoms with Gasteiger partial charge in [-0.05, 0) is 74.4 Å². The van der Waals surface area contributed by atoms with Gasteiger partial charge in [0.05, 0.1) is 18.0 Å². The third-order valence-corrected chi connectivity index (χ3v) is 7.93. The standard InChI is InChI=1S/C28H37N3O2S/c1-19-6-7-22(4)24(13-19)17-31-25-14-23(8-9-26(25)34-18-27(31)32)28(33)29-10-5-11-30-15-20(2)12-21(3)16-30/h6-9,13-14,20-21H,5,10-12,15-18H2,1-4H3,(H,29,33)/t20-,21+. The molecule has 1 saturated heterocycles. The minimum absolute atomic E-state index is 0.0714. The second kappa shape index (κ2) is 11.0. The molecule has 2 aromatic carbocycles. The highest BCUT2D eigenvalue weighted by atomic mass is 32.2. The maximum absolute atomic E-state index is 12.9. The third-order valence-electron chi connectivity index (χ3n) is 6.88. The molecular formula is C28H37N3O2S. The van der Waals surface area contributed by atoms with Gasteiger partial charge in [0.25, 0.3) is 5.91 Å². The van der Waals surface area contributed by atoms with Gasteiger partial charge in [0.2, 0.25) is 5.91 Å². The molecule has 2 heterocycles. The lowest BCUT2D eigenvalue weighted by molar-refractivity contribution is -0.116. The number of carbonyl (C=O) groups excluding carboxylic acids is 2. The van der Waals surface area contributed by atoms with E-state index < -0.39 is 0 Å². The van der Waals surface area contributed by atoms with E-state index in [9.17, 15) is 9.59 Å². The summed E-state index contributed by atoms with van der Waals surface area (Å²) in [6, 6.07) is 12.1. The minimum Gasteiger partial charge on any atom is -0.352 e. The van der Waals surface area contributed by atoms with E-state index in [1.54, 1.807) is 11.8 Å². The summed E-state index contributed by atoms with van der Waals surface area (Å²) in [5, 5.41) is 3.08. The first-order valence-electron chi connectivity index (χ1n) is 12.4. The molecule has 2 aromatic rings. The molecule has 0 spiro atoms. The van der Waals surface area contributed by atoms with E-state index in [-0.39, 0.29) is 11.8 Å². The zero-order valence-electron chi connectivity index (χ0n) is 20.9. The number of benzene rings is 2. The van der Waals surface area contributed by atoms with Crippen molar-refractivity contribution in [3.05, 3.63) is 58.7 Å². The maximum Gasteiger partial charge on any atom is 0.251 e. The molecule has 1 N–H and O–H groups in total. The fourth-order valence-corrected chi connectivity index (χ4v) is 6.15. The number of nitrogens with one attached hydrogen (secondary N) is 1. The molecule has 182 valence electrons. The summed E-state index contributed by atoms with van der Waals surface area (Å²) in [7, 11) is 0. The molecule has 0 aliphatic carbocycles. The van der Waals surface area contributed by atoms with Crippen LogP contribution in [-0.4, -0.2) is 48.6 Å². The van der Waals surface area contributed by atoms with E-state index in [4.69, 9.17) is 0 Å². The van der Waals surface area contributed by atoms with Crippen LogP contribution in [0.4, 0.5) is 5.69 Å². The predicted molar refractivity (Wildman–Crippen MR) is 141 cm³/mol. The van der Waals surface area contributed by atoms with Crippen molar-refractivity contribution >= 4 is 29.3 Å². The van der Waals surface area contributed by atoms with Crippen molar-refractivity contribution < 1.29 is 9.59 Å². The molecule has 2 aliphatic heterocycles. The molecule has 4 rings (SSSR count). The van der Waals surface area contributed by atoms with Gasteiger partial charge < -0.3 is 15.1 Å². The van der Waals surface area contributed by atoms with Crippen molar-refractivity contribution in [3.63, 3.8) is 0 Å². The smallest absolute Gasteiger partial charge is 0.251 e. The number of anilines is 1. The summed E-state index contributed by atoms with van der Waals surface area (Å²) in [5.41, 5.74) is 4.94. The second-order valence-electron chi connectivity index (χ2n) is 10.2. The SMILES string of the molecule is Cc1ccc(C)c(CN2C(=O)CSc3ccc(C(=O)NCCCN4C[C@H](C)C[C@H](C)C4)cc32)c1. The monoisotopic (exact) mass is 479 g/mol. The van der Waals surface area contributed by atoms with Crippen molar-refractivity contribution in [2.45, 2.75) is 52.0 Å². The fourth-order valence-electron chi connectivity index (χ4n) is 5.24. The van der Waals surface area contributed by atoms with Gasteiger partial charge in [-0.2, -0.15) is 0 Å². The summed E-state index contributed by atoms with van der Waals surface area (Å²) in [5.74, 6) is 1.94. The average Bonchev–Trinajstić information content (AvgIpc) is 2.80. The van der Waals surface area contributed by atoms with Crippen LogP contribution in [0.3, 0.4) is 0 Å². The van der Waals surface area contributed by atoms with E-state index >= 15 is 0 Å². The molecule has 0 bridgehead atoms. The van der Waals surface area contributed by atoms with E-state index in [1.165, 1.54) is 17.5 Å². The largest absolute Gasteiger partial charge is 0.352 e. The number of hydrogen-bond acceptors (Lipinski definition) is 4. The van der Waals surface area contributed by atoms with Gasteiger partial charge in [0.15, 0.2) is 0 Å². The lowest BCUT2D eigenvalue weighted by Gasteiger charge is -2.34. The molecule has 0 unspecified atom stereocenters. The predicted octanol–water partition coefficient (Wildman–Crippen LogP) is 5.04. The van der Waals surface area contributed by atoms with Crippen molar-refractivity contribution in [2.75, 3.05) is 36.8 Å². The maximum atomic E-state index is 12.9. The van der Waals surface area contributed by atoms with Crippen molar-refractivity contribution in [1.82, 2.24) is 10.2 Å². The number of carbonyl (C=O) groups is 2. The Kier molecular flexibility index (Phi) is 7.99. The van der Waals surface area contributed by atoms with Crippen molar-refractivity contribution in [1.29, 1.82) is 0 Å². The number of hydrogen-bond donors (Lipinski definition) is 1. The summed E-state index contributed by atoms with van der Waals surface area (Å²) in [4.78, 5) is 31.2. The number of nitrogens with zero attached hydrogens (tertiary/aromatic N) is 2. The number of thioether (sulfide) groups is 1. The minimum atomic E-state index is -0.0714. The molecular weight excluding hydrogens is 442 g/mol. The first-order valence-corrected chi connectivity index (χ1v) is 13.4. The van der Waals surface area contributed by atoms with Gasteiger partial charge >= 0.3 is 0 Å². The average molecular weight is 480 g/mol. The number of aryl methyl sites for hydroxylation is 2. The Morgan fingerprint density at radius 1 is 1.09 bits per heavy atom. The Morgan fingerprint density at radius 3 is 2.62 bits per heavy atom. The Hall–Kier alpha value is -2.31. The summed E-state index contributed by atoms with van der Waals surface area (Å²) in [6.07, 6.45) is 2.26. The Balaban J connectivity index is 1.39. The van der Waals surface area contributed by atoms with Crippen LogP contribution in [0.2, 0.25) is 0 Å². The quantitative estimate of drug-likeness (QED) is 0.565. The highest BCUT2D eigenvalue weighted by molar-refractivity contribution is 8.00. The molecule has 2 amide bonds. The molecule has 0 saturated carbocycles. The second-order valence-corrected chi connectivity index (χ2v) is 11.2. The number of piperidine rings is 1. The Morgan fingerprint density at radius 2 is 1.85 bits per heavy atom. The van der Waals surface area contributed by atoms with Crippen LogP contribution in [0.15, 0.2) is 41.3 Å². The Labute approximate surface area is 208 Å². The van der Waals surface area contributed by atoms with Crippen LogP contribution < -0.4 is 10.2 Å². The number of fused-ring (bicyclic) bond motifs is 1. The molecule has 2 aliphatic rings. The molecule has 5 nitrogen and oxygen atoms in total. The van der Waals surface area contributed by atoms with Gasteiger partial charge in [-0.1, -0.05) is 37.6 Å². The van der Waals surface area contributed by atoms with E-state index in [0.717, 1.165) is 54.0 Å². The number of rotatable bonds is 7. The lowest BCUT2D eigenvalue weighted by Crippen LogP contribution is -2.40. The highest BCUT2D eigenvalue weighted by Crippen LogP contribution is 2.37. The number of amides is 2. The van der Waals surface area contributed by atoms with Crippen LogP contribution in [-0.2, 0) is 11.3 Å². The summed E-state index contributed by atoms with van der Waals surface area (Å²) >= 11 is 1.55. The van der Waals surface area contributed by atoms with Crippen molar-refractivity contribution in [3.8, 4) is 0 Å². The molecule has 1 fully saturated rings. The normalized spacial score (nSPS) is 20.8. The van der Waals surface area contributed by atoms with Gasteiger partial charge in [0.1, 0.15) is 0 Å². The van der Waals surface area contributed by atoms with Crippen LogP contribution in [0, 0.1) is 25.7 Å². The van der Waals surface area contributed by atoms with Crippen molar-refractivity contribution in [2.24, 2.45) is 11.8 Å². The lowest BCUT2D eigenvalue weighted by atomic mass is 9.92. The molecule has 6 heteroatoms. The molecule has 0 aromatic heterocycles. The molecule has 34 heavy (non-hydrogen) atoms. The number of likely N-dealkylation sites (tertiary alicyclic amines) is 1. The fraction of sp³-hybridized carbons (Fsp3) is 0.500. The van der Waals surface area contributed by atoms with Gasteiger partial charge in [0, 0.05) is 30.1 Å². The third kappa shape index (κ3) is 6.02. The van der Waals surface area contributed by atoms with Crippen LogP contribution in [0.1, 0.15) is 53.7 Å². The first-order chi connectivity index (χ1) is 16.3.